The number of hydrogen-bond acceptors (Lipinski definition) is 2. The maximum absolute atomic E-state index is 8.65. The summed E-state index contributed by atoms with van der Waals surface area (Å²) in [6.07, 6.45) is 0.574. The fourth-order valence-electron chi connectivity index (χ4n) is 1.39. The predicted octanol–water partition coefficient (Wildman–Crippen LogP) is 1.90. The largest absolute Gasteiger partial charge is 0.319 e. The lowest BCUT2D eigenvalue weighted by molar-refractivity contribution is 0.641. The summed E-state index contributed by atoms with van der Waals surface area (Å²) < 4.78 is 0. The molecule has 0 aromatic heterocycles. The third-order valence-corrected chi connectivity index (χ3v) is 2.06. The van der Waals surface area contributed by atoms with E-state index >= 15 is 0 Å². The van der Waals surface area contributed by atoms with Crippen LogP contribution in [0.1, 0.15) is 17.9 Å². The Labute approximate surface area is 79.2 Å². The molecule has 1 atom stereocenters. The third-order valence-electron chi connectivity index (χ3n) is 2.06. The van der Waals surface area contributed by atoms with Crippen LogP contribution in [-0.2, 0) is 0 Å². The fourth-order valence-corrected chi connectivity index (χ4v) is 1.39. The second-order valence-electron chi connectivity index (χ2n) is 3.03. The highest BCUT2D eigenvalue weighted by Gasteiger charge is 2.08. The summed E-state index contributed by atoms with van der Waals surface area (Å²) in [6.45, 7) is 0.859. The van der Waals surface area contributed by atoms with Crippen LogP contribution in [0.2, 0.25) is 0 Å². The highest BCUT2D eigenvalue weighted by Crippen LogP contribution is 2.17. The second-order valence-corrected chi connectivity index (χ2v) is 3.03. The SMILES string of the molecule is CNCC(CC#N)c1ccccc1. The zero-order valence-corrected chi connectivity index (χ0v) is 7.83. The van der Waals surface area contributed by atoms with Crippen LogP contribution in [0.3, 0.4) is 0 Å². The van der Waals surface area contributed by atoms with Gasteiger partial charge in [-0.3, -0.25) is 0 Å². The van der Waals surface area contributed by atoms with Crippen LogP contribution in [0.4, 0.5) is 0 Å². The van der Waals surface area contributed by atoms with Gasteiger partial charge in [0.2, 0.25) is 0 Å². The summed E-state index contributed by atoms with van der Waals surface area (Å²) in [5.74, 6) is 0.316. The quantitative estimate of drug-likeness (QED) is 0.756. The van der Waals surface area contributed by atoms with Crippen molar-refractivity contribution in [1.82, 2.24) is 5.32 Å². The molecule has 0 aliphatic rings. The van der Waals surface area contributed by atoms with Crippen molar-refractivity contribution in [2.24, 2.45) is 0 Å². The Morgan fingerprint density at radius 2 is 2.08 bits per heavy atom. The first kappa shape index (κ1) is 9.76. The number of likely N-dealkylation sites (N-methyl/N-ethyl adjacent to an activating group) is 1. The van der Waals surface area contributed by atoms with Crippen LogP contribution in [-0.4, -0.2) is 13.6 Å². The summed E-state index contributed by atoms with van der Waals surface area (Å²) >= 11 is 0. The minimum Gasteiger partial charge on any atom is -0.319 e. The van der Waals surface area contributed by atoms with Crippen molar-refractivity contribution in [2.45, 2.75) is 12.3 Å². The molecule has 0 heterocycles. The molecule has 68 valence electrons. The molecule has 0 saturated carbocycles. The highest BCUT2D eigenvalue weighted by atomic mass is 14.8. The van der Waals surface area contributed by atoms with Crippen molar-refractivity contribution in [3.05, 3.63) is 35.9 Å². The Morgan fingerprint density at radius 1 is 1.38 bits per heavy atom. The summed E-state index contributed by atoms with van der Waals surface area (Å²) in [7, 11) is 1.91. The van der Waals surface area contributed by atoms with Gasteiger partial charge in [0.05, 0.1) is 6.07 Å². The van der Waals surface area contributed by atoms with Crippen molar-refractivity contribution in [2.75, 3.05) is 13.6 Å². The standard InChI is InChI=1S/C11H14N2/c1-13-9-11(7-8-12)10-5-3-2-4-6-10/h2-6,11,13H,7,9H2,1H3. The number of nitrogens with zero attached hydrogens (tertiary/aromatic N) is 1. The number of rotatable bonds is 4. The minimum atomic E-state index is 0.316. The average Bonchev–Trinajstić information content (AvgIpc) is 2.19. The highest BCUT2D eigenvalue weighted by molar-refractivity contribution is 5.20. The van der Waals surface area contributed by atoms with E-state index in [1.54, 1.807) is 0 Å². The zero-order valence-electron chi connectivity index (χ0n) is 7.83. The van der Waals surface area contributed by atoms with Gasteiger partial charge in [0.25, 0.3) is 0 Å². The summed E-state index contributed by atoms with van der Waals surface area (Å²) in [5.41, 5.74) is 1.23. The first-order valence-corrected chi connectivity index (χ1v) is 4.45. The molecule has 0 saturated heterocycles. The monoisotopic (exact) mass is 174 g/mol. The van der Waals surface area contributed by atoms with E-state index in [-0.39, 0.29) is 0 Å². The molecule has 0 aliphatic heterocycles. The molecule has 2 nitrogen and oxygen atoms in total. The Hall–Kier alpha value is -1.33. The van der Waals surface area contributed by atoms with Crippen molar-refractivity contribution in [3.63, 3.8) is 0 Å². The normalized spacial score (nSPS) is 12.0. The molecule has 1 rings (SSSR count). The van der Waals surface area contributed by atoms with Gasteiger partial charge in [0.1, 0.15) is 0 Å². The predicted molar refractivity (Wildman–Crippen MR) is 53.3 cm³/mol. The molecule has 0 amide bonds. The molecule has 0 radical (unpaired) electrons. The van der Waals surface area contributed by atoms with Crippen molar-refractivity contribution in [1.29, 1.82) is 5.26 Å². The minimum absolute atomic E-state index is 0.316. The molecular weight excluding hydrogens is 160 g/mol. The Balaban J connectivity index is 2.71. The Morgan fingerprint density at radius 3 is 2.62 bits per heavy atom. The van der Waals surface area contributed by atoms with E-state index < -0.39 is 0 Å². The van der Waals surface area contributed by atoms with Crippen molar-refractivity contribution >= 4 is 0 Å². The van der Waals surface area contributed by atoms with E-state index in [0.717, 1.165) is 6.54 Å². The lowest BCUT2D eigenvalue weighted by Crippen LogP contribution is -2.16. The van der Waals surface area contributed by atoms with E-state index in [1.807, 2.05) is 25.2 Å². The smallest absolute Gasteiger partial charge is 0.0628 e. The van der Waals surface area contributed by atoms with Crippen LogP contribution >= 0.6 is 0 Å². The molecule has 0 fully saturated rings. The molecule has 13 heavy (non-hydrogen) atoms. The molecule has 1 aromatic rings. The number of hydrogen-bond donors (Lipinski definition) is 1. The third kappa shape index (κ3) is 2.89. The van der Waals surface area contributed by atoms with Gasteiger partial charge in [0, 0.05) is 18.9 Å². The van der Waals surface area contributed by atoms with Gasteiger partial charge >= 0.3 is 0 Å². The van der Waals surface area contributed by atoms with E-state index in [4.69, 9.17) is 5.26 Å². The van der Waals surface area contributed by atoms with Gasteiger partial charge in [0.15, 0.2) is 0 Å². The molecule has 0 bridgehead atoms. The molecule has 0 aliphatic carbocycles. The van der Waals surface area contributed by atoms with Crippen LogP contribution in [0.15, 0.2) is 30.3 Å². The first-order chi connectivity index (χ1) is 6.38. The lowest BCUT2D eigenvalue weighted by Gasteiger charge is -2.12. The van der Waals surface area contributed by atoms with Crippen LogP contribution < -0.4 is 5.32 Å². The van der Waals surface area contributed by atoms with Gasteiger partial charge in [-0.15, -0.1) is 0 Å². The van der Waals surface area contributed by atoms with Crippen LogP contribution in [0.25, 0.3) is 0 Å². The number of benzene rings is 1. The molecule has 0 spiro atoms. The maximum atomic E-state index is 8.65. The van der Waals surface area contributed by atoms with Crippen molar-refractivity contribution in [3.8, 4) is 6.07 Å². The van der Waals surface area contributed by atoms with Gasteiger partial charge < -0.3 is 5.32 Å². The van der Waals surface area contributed by atoms with E-state index in [2.05, 4.69) is 23.5 Å². The molecule has 1 aromatic carbocycles. The molecule has 1 N–H and O–H groups in total. The van der Waals surface area contributed by atoms with Crippen molar-refractivity contribution < 1.29 is 0 Å². The second kappa shape index (κ2) is 5.34. The topological polar surface area (TPSA) is 35.8 Å². The zero-order chi connectivity index (χ0) is 9.52. The summed E-state index contributed by atoms with van der Waals surface area (Å²) in [5, 5.41) is 11.7. The maximum Gasteiger partial charge on any atom is 0.0628 e. The van der Waals surface area contributed by atoms with Gasteiger partial charge in [-0.05, 0) is 12.6 Å². The molecule has 2 heteroatoms. The van der Waals surface area contributed by atoms with Crippen LogP contribution in [0.5, 0.6) is 0 Å². The van der Waals surface area contributed by atoms with Crippen LogP contribution in [0, 0.1) is 11.3 Å². The molecular formula is C11H14N2. The molecule has 1 unspecified atom stereocenters. The van der Waals surface area contributed by atoms with E-state index in [0.29, 0.717) is 12.3 Å². The van der Waals surface area contributed by atoms with Gasteiger partial charge in [-0.2, -0.15) is 5.26 Å². The fraction of sp³-hybridized carbons (Fsp3) is 0.364. The first-order valence-electron chi connectivity index (χ1n) is 4.45. The van der Waals surface area contributed by atoms with E-state index in [1.165, 1.54) is 5.56 Å². The summed E-state index contributed by atoms with van der Waals surface area (Å²) in [6, 6.07) is 12.4. The number of nitriles is 1. The Kier molecular flexibility index (Phi) is 4.01. The Bertz CT molecular complexity index is 274. The number of nitrogens with one attached hydrogen (secondary N) is 1. The van der Waals surface area contributed by atoms with Gasteiger partial charge in [-0.25, -0.2) is 0 Å². The average molecular weight is 174 g/mol. The van der Waals surface area contributed by atoms with E-state index in [9.17, 15) is 0 Å². The van der Waals surface area contributed by atoms with Gasteiger partial charge in [-0.1, -0.05) is 30.3 Å². The lowest BCUT2D eigenvalue weighted by atomic mass is 9.96. The summed E-state index contributed by atoms with van der Waals surface area (Å²) in [4.78, 5) is 0.